The number of nitrogen functional groups attached to an aromatic ring is 1. The van der Waals surface area contributed by atoms with E-state index < -0.39 is 0 Å². The minimum absolute atomic E-state index is 0.123. The summed E-state index contributed by atoms with van der Waals surface area (Å²) in [6.45, 7) is 2.69. The van der Waals surface area contributed by atoms with Gasteiger partial charge in [-0.15, -0.1) is 0 Å². The second kappa shape index (κ2) is 4.84. The molecule has 0 atom stereocenters. The van der Waals surface area contributed by atoms with Crippen LogP contribution in [0.15, 0.2) is 0 Å². The number of nitrogens with two attached hydrogens (primary N) is 1. The first-order valence-electron chi connectivity index (χ1n) is 6.17. The van der Waals surface area contributed by atoms with Crippen molar-refractivity contribution in [2.45, 2.75) is 30.9 Å². The Morgan fingerprint density at radius 3 is 2.72 bits per heavy atom. The summed E-state index contributed by atoms with van der Waals surface area (Å²) in [5.74, 6) is -0.123. The Bertz CT molecular complexity index is 465. The number of hydrogen-bond acceptors (Lipinski definition) is 4. The van der Waals surface area contributed by atoms with Crippen molar-refractivity contribution in [3.05, 3.63) is 11.4 Å². The minimum atomic E-state index is -0.123. The Morgan fingerprint density at radius 1 is 1.61 bits per heavy atom. The molecule has 1 fully saturated rings. The highest BCUT2D eigenvalue weighted by atomic mass is 32.2. The molecule has 0 spiro atoms. The molecule has 0 bridgehead atoms. The first-order chi connectivity index (χ1) is 8.53. The third-order valence-corrected chi connectivity index (χ3v) is 4.94. The van der Waals surface area contributed by atoms with Gasteiger partial charge in [-0.3, -0.25) is 9.48 Å². The molecular weight excluding hydrogens is 248 g/mol. The zero-order chi connectivity index (χ0) is 13.3. The summed E-state index contributed by atoms with van der Waals surface area (Å²) in [6, 6.07) is 0. The lowest BCUT2D eigenvalue weighted by Crippen LogP contribution is -2.33. The second-order valence-corrected chi connectivity index (χ2v) is 6.03. The Kier molecular flexibility index (Phi) is 3.56. The van der Waals surface area contributed by atoms with Crippen molar-refractivity contribution >= 4 is 23.4 Å². The largest absolute Gasteiger partial charge is 0.395 e. The van der Waals surface area contributed by atoms with Crippen molar-refractivity contribution in [1.29, 1.82) is 0 Å². The molecule has 1 saturated carbocycles. The summed E-state index contributed by atoms with van der Waals surface area (Å²) >= 11 is 1.83. The topological polar surface area (TPSA) is 72.9 Å². The lowest BCUT2D eigenvalue weighted by Gasteiger charge is -2.13. The number of hydrogen-bond donors (Lipinski definition) is 2. The van der Waals surface area contributed by atoms with Gasteiger partial charge in [0.15, 0.2) is 0 Å². The van der Waals surface area contributed by atoms with E-state index in [1.807, 2.05) is 18.7 Å². The fraction of sp³-hybridized carbons (Fsp3) is 0.667. The minimum Gasteiger partial charge on any atom is -0.395 e. The van der Waals surface area contributed by atoms with Crippen molar-refractivity contribution in [3.8, 4) is 0 Å². The van der Waals surface area contributed by atoms with Gasteiger partial charge in [0, 0.05) is 18.3 Å². The van der Waals surface area contributed by atoms with E-state index in [9.17, 15) is 4.79 Å². The van der Waals surface area contributed by atoms with E-state index >= 15 is 0 Å². The maximum atomic E-state index is 12.1. The van der Waals surface area contributed by atoms with Gasteiger partial charge >= 0.3 is 0 Å². The van der Waals surface area contributed by atoms with Crippen molar-refractivity contribution in [3.63, 3.8) is 0 Å². The molecule has 100 valence electrons. The summed E-state index contributed by atoms with van der Waals surface area (Å²) in [5, 5.41) is 7.23. The molecule has 3 N–H and O–H groups in total. The molecular formula is C12H20N4OS. The SMILES string of the molecule is CCc1nn(C)c(C(=O)NCC2(SC)CC2)c1N. The van der Waals surface area contributed by atoms with Crippen LogP contribution in [-0.2, 0) is 13.5 Å². The second-order valence-electron chi connectivity index (χ2n) is 4.76. The van der Waals surface area contributed by atoms with Gasteiger partial charge in [0.05, 0.1) is 11.4 Å². The Morgan fingerprint density at radius 2 is 2.28 bits per heavy atom. The number of carbonyl (C=O) groups excluding carboxylic acids is 1. The van der Waals surface area contributed by atoms with Crippen molar-refractivity contribution in [1.82, 2.24) is 15.1 Å². The van der Waals surface area contributed by atoms with Crippen molar-refractivity contribution in [2.75, 3.05) is 18.5 Å². The van der Waals surface area contributed by atoms with Gasteiger partial charge in [-0.2, -0.15) is 16.9 Å². The zero-order valence-electron chi connectivity index (χ0n) is 11.1. The highest BCUT2D eigenvalue weighted by Gasteiger charge is 2.42. The number of carbonyl (C=O) groups is 1. The fourth-order valence-electron chi connectivity index (χ4n) is 2.04. The average molecular weight is 268 g/mol. The van der Waals surface area contributed by atoms with Crippen LogP contribution in [0.5, 0.6) is 0 Å². The van der Waals surface area contributed by atoms with Crippen LogP contribution in [0.2, 0.25) is 0 Å². The highest BCUT2D eigenvalue weighted by molar-refractivity contribution is 8.00. The molecule has 0 unspecified atom stereocenters. The Hall–Kier alpha value is -1.17. The maximum Gasteiger partial charge on any atom is 0.271 e. The number of nitrogens with zero attached hydrogens (tertiary/aromatic N) is 2. The summed E-state index contributed by atoms with van der Waals surface area (Å²) in [5.41, 5.74) is 7.72. The molecule has 6 heteroatoms. The van der Waals surface area contributed by atoms with Gasteiger partial charge in [0.1, 0.15) is 5.69 Å². The Labute approximate surface area is 111 Å². The smallest absolute Gasteiger partial charge is 0.271 e. The number of aromatic nitrogens is 2. The first kappa shape index (κ1) is 13.3. The molecule has 1 aliphatic rings. The third kappa shape index (κ3) is 2.34. The van der Waals surface area contributed by atoms with Crippen LogP contribution in [-0.4, -0.2) is 33.2 Å². The fourth-order valence-corrected chi connectivity index (χ4v) is 2.77. The quantitative estimate of drug-likeness (QED) is 0.841. The van der Waals surface area contributed by atoms with E-state index in [0.717, 1.165) is 12.1 Å². The summed E-state index contributed by atoms with van der Waals surface area (Å²) < 4.78 is 1.83. The maximum absolute atomic E-state index is 12.1. The van der Waals surface area contributed by atoms with E-state index in [1.165, 1.54) is 12.8 Å². The molecule has 2 rings (SSSR count). The molecule has 1 aliphatic carbocycles. The molecule has 0 radical (unpaired) electrons. The molecule has 1 heterocycles. The van der Waals surface area contributed by atoms with E-state index in [2.05, 4.69) is 16.7 Å². The molecule has 1 aromatic heterocycles. The van der Waals surface area contributed by atoms with E-state index in [4.69, 9.17) is 5.73 Å². The number of rotatable bonds is 5. The lowest BCUT2D eigenvalue weighted by molar-refractivity contribution is 0.0944. The van der Waals surface area contributed by atoms with Crippen LogP contribution in [0.3, 0.4) is 0 Å². The number of amides is 1. The number of aryl methyl sites for hydroxylation is 2. The van der Waals surface area contributed by atoms with Crippen molar-refractivity contribution < 1.29 is 4.79 Å². The summed E-state index contributed by atoms with van der Waals surface area (Å²) in [6.07, 6.45) is 5.18. The molecule has 18 heavy (non-hydrogen) atoms. The zero-order valence-corrected chi connectivity index (χ0v) is 11.9. The highest BCUT2D eigenvalue weighted by Crippen LogP contribution is 2.46. The van der Waals surface area contributed by atoms with Gasteiger partial charge < -0.3 is 11.1 Å². The monoisotopic (exact) mass is 268 g/mol. The van der Waals surface area contributed by atoms with Gasteiger partial charge in [-0.25, -0.2) is 0 Å². The third-order valence-electron chi connectivity index (χ3n) is 3.52. The van der Waals surface area contributed by atoms with Gasteiger partial charge in [-0.1, -0.05) is 6.92 Å². The van der Waals surface area contributed by atoms with Crippen LogP contribution in [0.25, 0.3) is 0 Å². The lowest BCUT2D eigenvalue weighted by atomic mass is 10.2. The Balaban J connectivity index is 2.07. The predicted octanol–water partition coefficient (Wildman–Crippen LogP) is 1.19. The molecule has 0 aliphatic heterocycles. The normalized spacial score (nSPS) is 16.6. The van der Waals surface area contributed by atoms with Crippen LogP contribution >= 0.6 is 11.8 Å². The van der Waals surface area contributed by atoms with Crippen LogP contribution in [0.1, 0.15) is 35.9 Å². The molecule has 5 nitrogen and oxygen atoms in total. The molecule has 0 saturated heterocycles. The van der Waals surface area contributed by atoms with Crippen LogP contribution in [0, 0.1) is 0 Å². The molecule has 1 amide bonds. The van der Waals surface area contributed by atoms with E-state index in [0.29, 0.717) is 17.9 Å². The predicted molar refractivity (Wildman–Crippen MR) is 74.8 cm³/mol. The number of anilines is 1. The van der Waals surface area contributed by atoms with Crippen LogP contribution < -0.4 is 11.1 Å². The van der Waals surface area contributed by atoms with Gasteiger partial charge in [-0.05, 0) is 25.5 Å². The first-order valence-corrected chi connectivity index (χ1v) is 7.40. The number of nitrogens with one attached hydrogen (secondary N) is 1. The van der Waals surface area contributed by atoms with Gasteiger partial charge in [0.25, 0.3) is 5.91 Å². The van der Waals surface area contributed by atoms with Gasteiger partial charge in [0.2, 0.25) is 0 Å². The molecule has 1 aromatic rings. The van der Waals surface area contributed by atoms with Crippen LogP contribution in [0.4, 0.5) is 5.69 Å². The summed E-state index contributed by atoms with van der Waals surface area (Å²) in [4.78, 5) is 12.1. The summed E-state index contributed by atoms with van der Waals surface area (Å²) in [7, 11) is 1.76. The van der Waals surface area contributed by atoms with Crippen molar-refractivity contribution in [2.24, 2.45) is 7.05 Å². The van der Waals surface area contributed by atoms with E-state index in [-0.39, 0.29) is 10.7 Å². The average Bonchev–Trinajstić information content (AvgIpc) is 3.08. The standard InChI is InChI=1S/C12H20N4OS/c1-4-8-9(13)10(16(2)15-8)11(17)14-7-12(18-3)5-6-12/h4-7,13H2,1-3H3,(H,14,17). The number of thioether (sulfide) groups is 1. The van der Waals surface area contributed by atoms with E-state index in [1.54, 1.807) is 11.7 Å². The molecule has 0 aromatic carbocycles.